The van der Waals surface area contributed by atoms with Crippen molar-refractivity contribution in [2.75, 3.05) is 0 Å². The predicted molar refractivity (Wildman–Crippen MR) is 66.6 cm³/mol. The molecule has 1 heterocycles. The molecule has 94 valence electrons. The van der Waals surface area contributed by atoms with Crippen molar-refractivity contribution in [2.45, 2.75) is 58.0 Å². The fraction of sp³-hybridized carbons (Fsp3) is 0.692. The summed E-state index contributed by atoms with van der Waals surface area (Å²) in [7, 11) is 0. The molecule has 1 fully saturated rings. The first-order valence-corrected chi connectivity index (χ1v) is 6.52. The molecular formula is C13H21N3O. The average molecular weight is 235 g/mol. The highest BCUT2D eigenvalue weighted by Gasteiger charge is 2.15. The zero-order valence-corrected chi connectivity index (χ0v) is 10.5. The molecule has 1 aromatic rings. The SMILES string of the molecule is Cc1cnn(CCC(=O)NC2CCCCC2)c1. The second-order valence-corrected chi connectivity index (χ2v) is 4.93. The van der Waals surface area contributed by atoms with Gasteiger partial charge in [-0.3, -0.25) is 9.48 Å². The number of rotatable bonds is 4. The summed E-state index contributed by atoms with van der Waals surface area (Å²) in [6.45, 7) is 2.68. The van der Waals surface area contributed by atoms with Gasteiger partial charge in [0.1, 0.15) is 0 Å². The van der Waals surface area contributed by atoms with E-state index in [1.54, 1.807) is 0 Å². The Balaban J connectivity index is 1.70. The highest BCUT2D eigenvalue weighted by molar-refractivity contribution is 5.76. The van der Waals surface area contributed by atoms with Crippen molar-refractivity contribution in [2.24, 2.45) is 0 Å². The lowest BCUT2D eigenvalue weighted by Crippen LogP contribution is -2.36. The van der Waals surface area contributed by atoms with Gasteiger partial charge >= 0.3 is 0 Å². The zero-order valence-electron chi connectivity index (χ0n) is 10.5. The molecule has 0 atom stereocenters. The Morgan fingerprint density at radius 1 is 1.47 bits per heavy atom. The minimum atomic E-state index is 0.157. The molecule has 4 heteroatoms. The van der Waals surface area contributed by atoms with Crippen LogP contribution in [0.3, 0.4) is 0 Å². The molecule has 1 N–H and O–H groups in total. The third-order valence-electron chi connectivity index (χ3n) is 3.30. The molecule has 1 amide bonds. The molecule has 2 rings (SSSR count). The van der Waals surface area contributed by atoms with E-state index >= 15 is 0 Å². The second-order valence-electron chi connectivity index (χ2n) is 4.93. The molecule has 0 unspecified atom stereocenters. The highest BCUT2D eigenvalue weighted by atomic mass is 16.1. The van der Waals surface area contributed by atoms with E-state index in [0.29, 0.717) is 19.0 Å². The van der Waals surface area contributed by atoms with Crippen LogP contribution < -0.4 is 5.32 Å². The quantitative estimate of drug-likeness (QED) is 0.868. The summed E-state index contributed by atoms with van der Waals surface area (Å²) in [5, 5.41) is 7.29. The summed E-state index contributed by atoms with van der Waals surface area (Å²) in [5.41, 5.74) is 1.14. The van der Waals surface area contributed by atoms with Gasteiger partial charge in [-0.15, -0.1) is 0 Å². The van der Waals surface area contributed by atoms with E-state index < -0.39 is 0 Å². The van der Waals surface area contributed by atoms with Crippen LogP contribution in [0.2, 0.25) is 0 Å². The van der Waals surface area contributed by atoms with Crippen LogP contribution in [0, 0.1) is 6.92 Å². The molecule has 0 bridgehead atoms. The summed E-state index contributed by atoms with van der Waals surface area (Å²) in [6.07, 6.45) is 10.4. The first kappa shape index (κ1) is 12.1. The average Bonchev–Trinajstić information content (AvgIpc) is 2.74. The molecular weight excluding hydrogens is 214 g/mol. The Morgan fingerprint density at radius 2 is 2.24 bits per heavy atom. The van der Waals surface area contributed by atoms with Gasteiger partial charge in [0.2, 0.25) is 5.91 Å². The minimum Gasteiger partial charge on any atom is -0.353 e. The van der Waals surface area contributed by atoms with Gasteiger partial charge in [0, 0.05) is 25.2 Å². The van der Waals surface area contributed by atoms with Gasteiger partial charge in [0.25, 0.3) is 0 Å². The normalized spacial score (nSPS) is 17.0. The van der Waals surface area contributed by atoms with Crippen molar-refractivity contribution < 1.29 is 4.79 Å². The monoisotopic (exact) mass is 235 g/mol. The summed E-state index contributed by atoms with van der Waals surface area (Å²) in [4.78, 5) is 11.7. The molecule has 1 aliphatic rings. The molecule has 0 aliphatic heterocycles. The van der Waals surface area contributed by atoms with Gasteiger partial charge in [-0.1, -0.05) is 19.3 Å². The van der Waals surface area contributed by atoms with Crippen molar-refractivity contribution in [1.29, 1.82) is 0 Å². The van der Waals surface area contributed by atoms with Crippen molar-refractivity contribution in [3.8, 4) is 0 Å². The Bertz CT molecular complexity index is 366. The topological polar surface area (TPSA) is 46.9 Å². The fourth-order valence-corrected chi connectivity index (χ4v) is 2.35. The Labute approximate surface area is 102 Å². The first-order chi connectivity index (χ1) is 8.24. The van der Waals surface area contributed by atoms with Crippen molar-refractivity contribution >= 4 is 5.91 Å². The van der Waals surface area contributed by atoms with E-state index in [1.807, 2.05) is 24.0 Å². The number of aromatic nitrogens is 2. The Kier molecular flexibility index (Phi) is 4.18. The highest BCUT2D eigenvalue weighted by Crippen LogP contribution is 2.17. The van der Waals surface area contributed by atoms with Gasteiger partial charge in [0.15, 0.2) is 0 Å². The number of amides is 1. The van der Waals surface area contributed by atoms with Crippen molar-refractivity contribution in [3.63, 3.8) is 0 Å². The zero-order chi connectivity index (χ0) is 12.1. The second kappa shape index (κ2) is 5.84. The lowest BCUT2D eigenvalue weighted by atomic mass is 9.95. The van der Waals surface area contributed by atoms with Crippen LogP contribution >= 0.6 is 0 Å². The maximum absolute atomic E-state index is 11.7. The molecule has 4 nitrogen and oxygen atoms in total. The smallest absolute Gasteiger partial charge is 0.222 e. The van der Waals surface area contributed by atoms with Crippen LogP contribution in [-0.4, -0.2) is 21.7 Å². The maximum Gasteiger partial charge on any atom is 0.222 e. The Morgan fingerprint density at radius 3 is 2.88 bits per heavy atom. The van der Waals surface area contributed by atoms with Gasteiger partial charge in [-0.2, -0.15) is 5.10 Å². The van der Waals surface area contributed by atoms with E-state index in [4.69, 9.17) is 0 Å². The van der Waals surface area contributed by atoms with Crippen LogP contribution in [0.25, 0.3) is 0 Å². The van der Waals surface area contributed by atoms with Gasteiger partial charge < -0.3 is 5.32 Å². The van der Waals surface area contributed by atoms with E-state index in [2.05, 4.69) is 10.4 Å². The number of carbonyl (C=O) groups is 1. The molecule has 0 radical (unpaired) electrons. The maximum atomic E-state index is 11.7. The number of hydrogen-bond acceptors (Lipinski definition) is 2. The summed E-state index contributed by atoms with van der Waals surface area (Å²) in [5.74, 6) is 0.157. The molecule has 0 saturated heterocycles. The number of aryl methyl sites for hydroxylation is 2. The predicted octanol–water partition coefficient (Wildman–Crippen LogP) is 2.03. The van der Waals surface area contributed by atoms with Crippen molar-refractivity contribution in [1.82, 2.24) is 15.1 Å². The van der Waals surface area contributed by atoms with E-state index in [9.17, 15) is 4.79 Å². The molecule has 1 saturated carbocycles. The van der Waals surface area contributed by atoms with E-state index in [-0.39, 0.29) is 5.91 Å². The first-order valence-electron chi connectivity index (χ1n) is 6.52. The minimum absolute atomic E-state index is 0.157. The molecule has 0 spiro atoms. The summed E-state index contributed by atoms with van der Waals surface area (Å²) in [6, 6.07) is 0.413. The standard InChI is InChI=1S/C13H21N3O/c1-11-9-14-16(10-11)8-7-13(17)15-12-5-3-2-4-6-12/h9-10,12H,2-8H2,1H3,(H,15,17). The Hall–Kier alpha value is -1.32. The largest absolute Gasteiger partial charge is 0.353 e. The van der Waals surface area contributed by atoms with Crippen LogP contribution in [0.4, 0.5) is 0 Å². The van der Waals surface area contributed by atoms with E-state index in [1.165, 1.54) is 19.3 Å². The van der Waals surface area contributed by atoms with Crippen LogP contribution in [0.1, 0.15) is 44.1 Å². The summed E-state index contributed by atoms with van der Waals surface area (Å²) < 4.78 is 1.83. The third-order valence-corrected chi connectivity index (χ3v) is 3.30. The molecule has 1 aromatic heterocycles. The van der Waals surface area contributed by atoms with Gasteiger partial charge in [-0.05, 0) is 25.3 Å². The van der Waals surface area contributed by atoms with Crippen LogP contribution in [-0.2, 0) is 11.3 Å². The lowest BCUT2D eigenvalue weighted by Gasteiger charge is -2.22. The number of carbonyl (C=O) groups excluding carboxylic acids is 1. The number of nitrogens with one attached hydrogen (secondary N) is 1. The van der Waals surface area contributed by atoms with Crippen molar-refractivity contribution in [3.05, 3.63) is 18.0 Å². The van der Waals surface area contributed by atoms with Crippen LogP contribution in [0.15, 0.2) is 12.4 Å². The van der Waals surface area contributed by atoms with Crippen LogP contribution in [0.5, 0.6) is 0 Å². The molecule has 0 aromatic carbocycles. The number of hydrogen-bond donors (Lipinski definition) is 1. The van der Waals surface area contributed by atoms with Gasteiger partial charge in [0.05, 0.1) is 6.20 Å². The molecule has 17 heavy (non-hydrogen) atoms. The molecule has 1 aliphatic carbocycles. The lowest BCUT2D eigenvalue weighted by molar-refractivity contribution is -0.122. The third kappa shape index (κ3) is 3.88. The van der Waals surface area contributed by atoms with Gasteiger partial charge in [-0.25, -0.2) is 0 Å². The van der Waals surface area contributed by atoms with E-state index in [0.717, 1.165) is 18.4 Å². The fourth-order valence-electron chi connectivity index (χ4n) is 2.35. The summed E-state index contributed by atoms with van der Waals surface area (Å²) >= 11 is 0. The number of nitrogens with zero attached hydrogens (tertiary/aromatic N) is 2.